The van der Waals surface area contributed by atoms with Crippen LogP contribution in [0.25, 0.3) is 11.3 Å². The molecule has 0 atom stereocenters. The summed E-state index contributed by atoms with van der Waals surface area (Å²) in [6.07, 6.45) is 4.41. The van der Waals surface area contributed by atoms with E-state index in [4.69, 9.17) is 16.0 Å². The third-order valence-electron chi connectivity index (χ3n) is 3.13. The Hall–Kier alpha value is -2.99. The molecule has 0 aliphatic heterocycles. The Bertz CT molecular complexity index is 894. The van der Waals surface area contributed by atoms with Crippen LogP contribution in [0, 0.1) is 5.82 Å². The Morgan fingerprint density at radius 1 is 1.21 bits per heavy atom. The number of aromatic nitrogens is 1. The van der Waals surface area contributed by atoms with Crippen LogP contribution in [0.1, 0.15) is 16.1 Å². The smallest absolute Gasteiger partial charge is 0.271 e. The number of benzene rings is 1. The zero-order valence-electron chi connectivity index (χ0n) is 12.2. The number of halogens is 2. The standard InChI is InChI=1S/C17H11ClFN3O2/c18-14-9-12(1-3-15(14)19)16-4-2-13(24-16)10-21-22-17(23)11-5-7-20-8-6-11/h1-10H,(H,22,23)/b21-10-. The van der Waals surface area contributed by atoms with Gasteiger partial charge in [0.05, 0.1) is 11.2 Å². The average molecular weight is 344 g/mol. The van der Waals surface area contributed by atoms with Gasteiger partial charge in [-0.05, 0) is 42.5 Å². The van der Waals surface area contributed by atoms with Gasteiger partial charge in [-0.2, -0.15) is 5.10 Å². The van der Waals surface area contributed by atoms with Crippen LogP contribution in [0.4, 0.5) is 4.39 Å². The van der Waals surface area contributed by atoms with E-state index in [1.54, 1.807) is 30.3 Å². The number of carbonyl (C=O) groups excluding carboxylic acids is 1. The van der Waals surface area contributed by atoms with Crippen molar-refractivity contribution in [1.29, 1.82) is 0 Å². The molecule has 24 heavy (non-hydrogen) atoms. The second-order valence-electron chi connectivity index (χ2n) is 4.77. The minimum Gasteiger partial charge on any atom is -0.455 e. The number of carbonyl (C=O) groups is 1. The molecule has 1 N–H and O–H groups in total. The van der Waals surface area contributed by atoms with Crippen LogP contribution in [0.5, 0.6) is 0 Å². The van der Waals surface area contributed by atoms with Crippen molar-refractivity contribution in [3.63, 3.8) is 0 Å². The summed E-state index contributed by atoms with van der Waals surface area (Å²) in [5.74, 6) is 0.0950. The number of nitrogens with zero attached hydrogens (tertiary/aromatic N) is 2. The van der Waals surface area contributed by atoms with Crippen molar-refractivity contribution < 1.29 is 13.6 Å². The number of rotatable bonds is 4. The molecule has 2 aromatic heterocycles. The SMILES string of the molecule is O=C(N/N=C\c1ccc(-c2ccc(F)c(Cl)c2)o1)c1ccncc1. The van der Waals surface area contributed by atoms with Gasteiger partial charge in [0.15, 0.2) is 0 Å². The maximum atomic E-state index is 13.2. The highest BCUT2D eigenvalue weighted by molar-refractivity contribution is 6.31. The molecule has 0 unspecified atom stereocenters. The number of pyridine rings is 1. The van der Waals surface area contributed by atoms with Gasteiger partial charge < -0.3 is 4.42 Å². The van der Waals surface area contributed by atoms with Gasteiger partial charge in [0.1, 0.15) is 17.3 Å². The van der Waals surface area contributed by atoms with Crippen LogP contribution in [0.15, 0.2) is 64.4 Å². The van der Waals surface area contributed by atoms with Crippen molar-refractivity contribution in [1.82, 2.24) is 10.4 Å². The predicted octanol–water partition coefficient (Wildman–Crippen LogP) is 3.90. The fraction of sp³-hybridized carbons (Fsp3) is 0. The van der Waals surface area contributed by atoms with Crippen molar-refractivity contribution in [2.75, 3.05) is 0 Å². The highest BCUT2D eigenvalue weighted by Crippen LogP contribution is 2.26. The van der Waals surface area contributed by atoms with Crippen molar-refractivity contribution in [2.24, 2.45) is 5.10 Å². The van der Waals surface area contributed by atoms with E-state index in [-0.39, 0.29) is 10.9 Å². The lowest BCUT2D eigenvalue weighted by atomic mass is 10.2. The van der Waals surface area contributed by atoms with Gasteiger partial charge in [0, 0.05) is 23.5 Å². The van der Waals surface area contributed by atoms with Crippen molar-refractivity contribution in [2.45, 2.75) is 0 Å². The van der Waals surface area contributed by atoms with Crippen LogP contribution >= 0.6 is 11.6 Å². The molecule has 1 amide bonds. The molecule has 2 heterocycles. The van der Waals surface area contributed by atoms with Gasteiger partial charge in [-0.25, -0.2) is 9.82 Å². The predicted molar refractivity (Wildman–Crippen MR) is 88.4 cm³/mol. The first kappa shape index (κ1) is 15.9. The Balaban J connectivity index is 1.67. The van der Waals surface area contributed by atoms with Gasteiger partial charge in [0.25, 0.3) is 5.91 Å². The minimum atomic E-state index is -0.493. The summed E-state index contributed by atoms with van der Waals surface area (Å²) < 4.78 is 18.7. The molecule has 0 saturated carbocycles. The van der Waals surface area contributed by atoms with Crippen molar-refractivity contribution in [3.8, 4) is 11.3 Å². The molecule has 0 aliphatic carbocycles. The molecule has 5 nitrogen and oxygen atoms in total. The Kier molecular flexibility index (Phi) is 4.67. The van der Waals surface area contributed by atoms with Gasteiger partial charge in [-0.15, -0.1) is 0 Å². The summed E-state index contributed by atoms with van der Waals surface area (Å²) in [4.78, 5) is 15.6. The first-order valence-corrected chi connectivity index (χ1v) is 7.30. The normalized spacial score (nSPS) is 10.9. The molecule has 0 radical (unpaired) electrons. The largest absolute Gasteiger partial charge is 0.455 e. The van der Waals surface area contributed by atoms with E-state index in [9.17, 15) is 9.18 Å². The van der Waals surface area contributed by atoms with Crippen molar-refractivity contribution in [3.05, 3.63) is 77.0 Å². The van der Waals surface area contributed by atoms with E-state index in [1.165, 1.54) is 30.7 Å². The maximum absolute atomic E-state index is 13.2. The fourth-order valence-electron chi connectivity index (χ4n) is 1.95. The zero-order chi connectivity index (χ0) is 16.9. The third-order valence-corrected chi connectivity index (χ3v) is 3.42. The highest BCUT2D eigenvalue weighted by Gasteiger charge is 2.07. The summed E-state index contributed by atoms with van der Waals surface area (Å²) in [6.45, 7) is 0. The van der Waals surface area contributed by atoms with E-state index in [0.717, 1.165) is 0 Å². The number of hydrogen-bond donors (Lipinski definition) is 1. The van der Waals surface area contributed by atoms with Gasteiger partial charge >= 0.3 is 0 Å². The summed E-state index contributed by atoms with van der Waals surface area (Å²) in [7, 11) is 0. The molecule has 0 bridgehead atoms. The summed E-state index contributed by atoms with van der Waals surface area (Å²) >= 11 is 5.75. The molecule has 7 heteroatoms. The lowest BCUT2D eigenvalue weighted by Crippen LogP contribution is -2.17. The summed E-state index contributed by atoms with van der Waals surface area (Å²) in [5.41, 5.74) is 3.47. The van der Waals surface area contributed by atoms with E-state index >= 15 is 0 Å². The second kappa shape index (κ2) is 7.06. The number of furan rings is 1. The molecule has 0 spiro atoms. The lowest BCUT2D eigenvalue weighted by molar-refractivity contribution is 0.0955. The summed E-state index contributed by atoms with van der Waals surface area (Å²) in [6, 6.07) is 10.8. The van der Waals surface area contributed by atoms with Crippen LogP contribution in [0.2, 0.25) is 5.02 Å². The molecule has 0 saturated heterocycles. The number of amides is 1. The molecule has 120 valence electrons. The third kappa shape index (κ3) is 3.67. The average Bonchev–Trinajstić information content (AvgIpc) is 3.07. The lowest BCUT2D eigenvalue weighted by Gasteiger charge is -1.99. The molecular weight excluding hydrogens is 333 g/mol. The molecule has 0 fully saturated rings. The first-order valence-electron chi connectivity index (χ1n) is 6.92. The number of nitrogens with one attached hydrogen (secondary N) is 1. The van der Waals surface area contributed by atoms with E-state index in [0.29, 0.717) is 22.6 Å². The minimum absolute atomic E-state index is 0.0173. The van der Waals surface area contributed by atoms with Crippen molar-refractivity contribution >= 4 is 23.7 Å². The summed E-state index contributed by atoms with van der Waals surface area (Å²) in [5, 5.41) is 3.85. The molecular formula is C17H11ClFN3O2. The Labute approximate surface area is 141 Å². The van der Waals surface area contributed by atoms with Crippen LogP contribution < -0.4 is 5.43 Å². The Morgan fingerprint density at radius 3 is 2.75 bits per heavy atom. The van der Waals surface area contributed by atoms with E-state index < -0.39 is 5.82 Å². The van der Waals surface area contributed by atoms with Crippen LogP contribution in [0.3, 0.4) is 0 Å². The van der Waals surface area contributed by atoms with Gasteiger partial charge in [-0.3, -0.25) is 9.78 Å². The zero-order valence-corrected chi connectivity index (χ0v) is 13.0. The van der Waals surface area contributed by atoms with Gasteiger partial charge in [0.2, 0.25) is 0 Å². The number of hydrogen-bond acceptors (Lipinski definition) is 4. The van der Waals surface area contributed by atoms with E-state index in [2.05, 4.69) is 15.5 Å². The quantitative estimate of drug-likeness (QED) is 0.577. The highest BCUT2D eigenvalue weighted by atomic mass is 35.5. The second-order valence-corrected chi connectivity index (χ2v) is 5.17. The maximum Gasteiger partial charge on any atom is 0.271 e. The van der Waals surface area contributed by atoms with E-state index in [1.807, 2.05) is 0 Å². The van der Waals surface area contributed by atoms with Gasteiger partial charge in [-0.1, -0.05) is 11.6 Å². The molecule has 3 aromatic rings. The molecule has 3 rings (SSSR count). The topological polar surface area (TPSA) is 67.5 Å². The monoisotopic (exact) mass is 343 g/mol. The molecule has 0 aliphatic rings. The van der Waals surface area contributed by atoms with Crippen LogP contribution in [-0.2, 0) is 0 Å². The molecule has 1 aromatic carbocycles. The number of hydrazone groups is 1. The fourth-order valence-corrected chi connectivity index (χ4v) is 2.13. The Morgan fingerprint density at radius 2 is 2.00 bits per heavy atom. The van der Waals surface area contributed by atoms with Crippen LogP contribution in [-0.4, -0.2) is 17.1 Å². The first-order chi connectivity index (χ1) is 11.6.